The molecule has 0 atom stereocenters. The Kier molecular flexibility index (Phi) is 7.15. The van der Waals surface area contributed by atoms with E-state index in [-0.39, 0.29) is 36.6 Å². The van der Waals surface area contributed by atoms with E-state index >= 15 is 0 Å². The lowest BCUT2D eigenvalue weighted by atomic mass is 10.0. The van der Waals surface area contributed by atoms with Crippen molar-refractivity contribution in [3.63, 3.8) is 0 Å². The van der Waals surface area contributed by atoms with Gasteiger partial charge in [-0.05, 0) is 53.1 Å². The van der Waals surface area contributed by atoms with Crippen LogP contribution < -0.4 is 16.0 Å². The van der Waals surface area contributed by atoms with E-state index in [0.29, 0.717) is 11.3 Å². The summed E-state index contributed by atoms with van der Waals surface area (Å²) in [6, 6.07) is 27.4. The van der Waals surface area contributed by atoms with Crippen molar-refractivity contribution in [1.82, 2.24) is 10.6 Å². The predicted molar refractivity (Wildman–Crippen MR) is 129 cm³/mol. The largest absolute Gasteiger partial charge is 0.459 e. The van der Waals surface area contributed by atoms with Crippen molar-refractivity contribution in [3.8, 4) is 11.1 Å². The van der Waals surface area contributed by atoms with Crippen molar-refractivity contribution >= 4 is 23.4 Å². The van der Waals surface area contributed by atoms with Crippen LogP contribution in [0.15, 0.2) is 102 Å². The fourth-order valence-corrected chi connectivity index (χ4v) is 3.33. The minimum atomic E-state index is -0.356. The summed E-state index contributed by atoms with van der Waals surface area (Å²) < 4.78 is 5.08. The molecular formula is C27H23N3O4. The Balaban J connectivity index is 1.24. The lowest BCUT2D eigenvalue weighted by Crippen LogP contribution is -2.36. The number of hydrogen-bond donors (Lipinski definition) is 3. The van der Waals surface area contributed by atoms with Gasteiger partial charge in [-0.15, -0.1) is 0 Å². The molecule has 7 heteroatoms. The maximum Gasteiger partial charge on any atom is 0.291 e. The molecule has 0 saturated carbocycles. The third-order valence-electron chi connectivity index (χ3n) is 5.08. The Morgan fingerprint density at radius 3 is 2.21 bits per heavy atom. The monoisotopic (exact) mass is 453 g/mol. The quantitative estimate of drug-likeness (QED) is 0.371. The molecular weight excluding hydrogens is 430 g/mol. The molecule has 4 aromatic rings. The third-order valence-corrected chi connectivity index (χ3v) is 5.08. The fraction of sp³-hybridized carbons (Fsp3) is 0.0741. The van der Waals surface area contributed by atoms with Gasteiger partial charge >= 0.3 is 0 Å². The first-order valence-corrected chi connectivity index (χ1v) is 10.7. The SMILES string of the molecule is O=C(CNC(=O)c1ccc(-c2ccccc2)cc1)NCc1cccc(NC(=O)c2ccco2)c1. The number of anilines is 1. The molecule has 0 saturated heterocycles. The predicted octanol–water partition coefficient (Wildman–Crippen LogP) is 4.25. The number of carbonyl (C=O) groups excluding carboxylic acids is 3. The minimum absolute atomic E-state index is 0.145. The molecule has 0 bridgehead atoms. The Hall–Kier alpha value is -4.65. The maximum atomic E-state index is 12.4. The normalized spacial score (nSPS) is 10.4. The Bertz CT molecular complexity index is 1270. The van der Waals surface area contributed by atoms with Gasteiger partial charge < -0.3 is 20.4 Å². The van der Waals surface area contributed by atoms with Crippen LogP contribution in [0.3, 0.4) is 0 Å². The smallest absolute Gasteiger partial charge is 0.291 e. The number of nitrogens with one attached hydrogen (secondary N) is 3. The second kappa shape index (κ2) is 10.8. The summed E-state index contributed by atoms with van der Waals surface area (Å²) in [5, 5.41) is 8.13. The van der Waals surface area contributed by atoms with E-state index in [1.165, 1.54) is 6.26 Å². The molecule has 0 fully saturated rings. The molecule has 0 aliphatic carbocycles. The molecule has 0 unspecified atom stereocenters. The zero-order valence-corrected chi connectivity index (χ0v) is 18.3. The first-order chi connectivity index (χ1) is 16.6. The molecule has 34 heavy (non-hydrogen) atoms. The highest BCUT2D eigenvalue weighted by molar-refractivity contribution is 6.02. The van der Waals surface area contributed by atoms with Gasteiger partial charge in [0.15, 0.2) is 5.76 Å². The molecule has 170 valence electrons. The van der Waals surface area contributed by atoms with E-state index in [1.807, 2.05) is 48.5 Å². The Morgan fingerprint density at radius 1 is 0.706 bits per heavy atom. The van der Waals surface area contributed by atoms with Gasteiger partial charge in [-0.3, -0.25) is 14.4 Å². The standard InChI is InChI=1S/C27H23N3O4/c31-25(18-29-26(32)22-13-11-21(12-14-22)20-7-2-1-3-8-20)28-17-19-6-4-9-23(16-19)30-27(33)24-10-5-15-34-24/h1-16H,17-18H2,(H,28,31)(H,29,32)(H,30,33). The van der Waals surface area contributed by atoms with Crippen molar-refractivity contribution in [2.45, 2.75) is 6.54 Å². The van der Waals surface area contributed by atoms with Crippen LogP contribution in [0.2, 0.25) is 0 Å². The second-order valence-corrected chi connectivity index (χ2v) is 7.53. The molecule has 3 N–H and O–H groups in total. The number of rotatable bonds is 8. The van der Waals surface area contributed by atoms with Crippen LogP contribution in [0.5, 0.6) is 0 Å². The summed E-state index contributed by atoms with van der Waals surface area (Å²) in [4.78, 5) is 36.7. The first-order valence-electron chi connectivity index (χ1n) is 10.7. The number of benzene rings is 3. The van der Waals surface area contributed by atoms with Gasteiger partial charge in [0, 0.05) is 17.8 Å². The molecule has 3 amide bonds. The summed E-state index contributed by atoms with van der Waals surface area (Å²) in [5.41, 5.74) is 3.94. The number of furan rings is 1. The van der Waals surface area contributed by atoms with E-state index in [2.05, 4.69) is 16.0 Å². The molecule has 0 spiro atoms. The van der Waals surface area contributed by atoms with Gasteiger partial charge in [-0.25, -0.2) is 0 Å². The van der Waals surface area contributed by atoms with Crippen molar-refractivity contribution in [1.29, 1.82) is 0 Å². The summed E-state index contributed by atoms with van der Waals surface area (Å²) in [6.07, 6.45) is 1.43. The average Bonchev–Trinajstić information content (AvgIpc) is 3.42. The summed E-state index contributed by atoms with van der Waals surface area (Å²) in [7, 11) is 0. The van der Waals surface area contributed by atoms with Crippen LogP contribution in [-0.4, -0.2) is 24.3 Å². The molecule has 0 aliphatic heterocycles. The van der Waals surface area contributed by atoms with Crippen molar-refractivity contribution in [3.05, 3.63) is 114 Å². The van der Waals surface area contributed by atoms with Crippen molar-refractivity contribution < 1.29 is 18.8 Å². The molecule has 1 heterocycles. The number of carbonyl (C=O) groups is 3. The van der Waals surface area contributed by atoms with Crippen LogP contribution in [0, 0.1) is 0 Å². The maximum absolute atomic E-state index is 12.4. The number of amides is 3. The van der Waals surface area contributed by atoms with Gasteiger partial charge in [-0.2, -0.15) is 0 Å². The van der Waals surface area contributed by atoms with Gasteiger partial charge in [0.1, 0.15) is 0 Å². The molecule has 4 rings (SSSR count). The van der Waals surface area contributed by atoms with E-state index in [4.69, 9.17) is 4.42 Å². The van der Waals surface area contributed by atoms with Crippen molar-refractivity contribution in [2.75, 3.05) is 11.9 Å². The highest BCUT2D eigenvalue weighted by atomic mass is 16.3. The number of hydrogen-bond acceptors (Lipinski definition) is 4. The average molecular weight is 453 g/mol. The lowest BCUT2D eigenvalue weighted by molar-refractivity contribution is -0.120. The molecule has 7 nitrogen and oxygen atoms in total. The minimum Gasteiger partial charge on any atom is -0.459 e. The molecule has 0 aliphatic rings. The van der Waals surface area contributed by atoms with Crippen LogP contribution >= 0.6 is 0 Å². The van der Waals surface area contributed by atoms with Crippen LogP contribution in [0.1, 0.15) is 26.5 Å². The highest BCUT2D eigenvalue weighted by Gasteiger charge is 2.10. The first kappa shape index (κ1) is 22.5. The highest BCUT2D eigenvalue weighted by Crippen LogP contribution is 2.19. The van der Waals surface area contributed by atoms with E-state index < -0.39 is 0 Å². The van der Waals surface area contributed by atoms with E-state index in [9.17, 15) is 14.4 Å². The summed E-state index contributed by atoms with van der Waals surface area (Å²) in [6.45, 7) is 0.110. The third kappa shape index (κ3) is 5.98. The van der Waals surface area contributed by atoms with E-state index in [0.717, 1.165) is 16.7 Å². The van der Waals surface area contributed by atoms with Crippen molar-refractivity contribution in [2.24, 2.45) is 0 Å². The Morgan fingerprint density at radius 2 is 1.47 bits per heavy atom. The molecule has 1 aromatic heterocycles. The molecule has 3 aromatic carbocycles. The summed E-state index contributed by atoms with van der Waals surface area (Å²) >= 11 is 0. The van der Waals surface area contributed by atoms with Crippen LogP contribution in [-0.2, 0) is 11.3 Å². The van der Waals surface area contributed by atoms with Gasteiger partial charge in [-0.1, -0.05) is 54.6 Å². The molecule has 0 radical (unpaired) electrons. The second-order valence-electron chi connectivity index (χ2n) is 7.53. The zero-order chi connectivity index (χ0) is 23.8. The summed E-state index contributed by atoms with van der Waals surface area (Å²) in [5.74, 6) is -0.786. The van der Waals surface area contributed by atoms with Crippen LogP contribution in [0.25, 0.3) is 11.1 Å². The van der Waals surface area contributed by atoms with Crippen LogP contribution in [0.4, 0.5) is 5.69 Å². The van der Waals surface area contributed by atoms with Gasteiger partial charge in [0.25, 0.3) is 11.8 Å². The van der Waals surface area contributed by atoms with Gasteiger partial charge in [0.2, 0.25) is 5.91 Å². The Labute approximate surface area is 196 Å². The van der Waals surface area contributed by atoms with E-state index in [1.54, 1.807) is 42.5 Å². The zero-order valence-electron chi connectivity index (χ0n) is 18.3. The fourth-order valence-electron chi connectivity index (χ4n) is 3.33. The lowest BCUT2D eigenvalue weighted by Gasteiger charge is -2.09. The topological polar surface area (TPSA) is 100 Å². The van der Waals surface area contributed by atoms with Gasteiger partial charge in [0.05, 0.1) is 12.8 Å².